The number of nitrogens with one attached hydrogen (secondary N) is 2. The largest absolute Gasteiger partial charge is 0.324 e. The molecule has 0 aliphatic heterocycles. The molecule has 0 aliphatic rings. The molecule has 11 heteroatoms. The van der Waals surface area contributed by atoms with Gasteiger partial charge in [-0.05, 0) is 48.4 Å². The molecule has 0 aromatic heterocycles. The molecule has 0 saturated carbocycles. The van der Waals surface area contributed by atoms with Gasteiger partial charge in [-0.3, -0.25) is 29.8 Å². The molecule has 4 rings (SSSR count). The second-order valence-corrected chi connectivity index (χ2v) is 9.62. The van der Waals surface area contributed by atoms with Crippen LogP contribution in [0.5, 0.6) is 0 Å². The van der Waals surface area contributed by atoms with Crippen molar-refractivity contribution in [2.24, 2.45) is 0 Å². The number of hydrogen-bond donors (Lipinski definition) is 2. The van der Waals surface area contributed by atoms with Crippen LogP contribution in [0.3, 0.4) is 0 Å². The first kappa shape index (κ1) is 27.0. The van der Waals surface area contributed by atoms with Crippen molar-refractivity contribution < 1.29 is 19.4 Å². The fourth-order valence-electron chi connectivity index (χ4n) is 3.67. The number of thioether (sulfide) groups is 1. The molecular weight excluding hydrogens is 520 g/mol. The van der Waals surface area contributed by atoms with Crippen molar-refractivity contribution >= 4 is 46.3 Å². The van der Waals surface area contributed by atoms with E-state index >= 15 is 0 Å². The molecule has 39 heavy (non-hydrogen) atoms. The Kier molecular flexibility index (Phi) is 8.32. The molecule has 0 bridgehead atoms. The lowest BCUT2D eigenvalue weighted by Gasteiger charge is -2.18. The Bertz CT molecular complexity index is 1540. The van der Waals surface area contributed by atoms with Crippen molar-refractivity contribution in [2.75, 3.05) is 10.6 Å². The second-order valence-electron chi connectivity index (χ2n) is 8.44. The predicted octanol–water partition coefficient (Wildman–Crippen LogP) is 6.54. The number of non-ortho nitro benzene ring substituents is 2. The molecule has 0 saturated heterocycles. The quantitative estimate of drug-likeness (QED) is 0.139. The topological polar surface area (TPSA) is 144 Å². The Labute approximate surface area is 227 Å². The third-order valence-electron chi connectivity index (χ3n) is 5.72. The summed E-state index contributed by atoms with van der Waals surface area (Å²) in [5.74, 6) is -0.842. The molecule has 0 aliphatic carbocycles. The van der Waals surface area contributed by atoms with Gasteiger partial charge in [-0.2, -0.15) is 0 Å². The average Bonchev–Trinajstić information content (AvgIpc) is 2.94. The zero-order valence-corrected chi connectivity index (χ0v) is 21.4. The van der Waals surface area contributed by atoms with Gasteiger partial charge in [0.25, 0.3) is 17.3 Å². The van der Waals surface area contributed by atoms with E-state index in [9.17, 15) is 29.8 Å². The van der Waals surface area contributed by atoms with Gasteiger partial charge in [-0.25, -0.2) is 0 Å². The van der Waals surface area contributed by atoms with E-state index < -0.39 is 21.0 Å². The zero-order valence-electron chi connectivity index (χ0n) is 20.6. The highest BCUT2D eigenvalue weighted by atomic mass is 32.2. The SMILES string of the molecule is Cc1ccc([N+](=O)[O-])cc1NC(=O)C(Sc1ccc(NC(=O)c2cccc([N+](=O)[O-])c2)cc1)c1ccccc1. The Morgan fingerprint density at radius 3 is 2.10 bits per heavy atom. The van der Waals surface area contributed by atoms with Crippen molar-refractivity contribution in [3.63, 3.8) is 0 Å². The molecule has 1 atom stereocenters. The van der Waals surface area contributed by atoms with Crippen LogP contribution in [0.2, 0.25) is 0 Å². The van der Waals surface area contributed by atoms with Gasteiger partial charge in [0.05, 0.1) is 15.5 Å². The first-order valence-corrected chi connectivity index (χ1v) is 12.5. The monoisotopic (exact) mass is 542 g/mol. The predicted molar refractivity (Wildman–Crippen MR) is 149 cm³/mol. The third-order valence-corrected chi connectivity index (χ3v) is 6.98. The number of carbonyl (C=O) groups is 2. The smallest absolute Gasteiger partial charge is 0.271 e. The molecule has 1 unspecified atom stereocenters. The number of nitro groups is 2. The summed E-state index contributed by atoms with van der Waals surface area (Å²) in [4.78, 5) is 47.8. The molecule has 0 heterocycles. The Morgan fingerprint density at radius 1 is 0.769 bits per heavy atom. The number of anilines is 2. The van der Waals surface area contributed by atoms with Crippen LogP contribution in [0.25, 0.3) is 0 Å². The van der Waals surface area contributed by atoms with Crippen LogP contribution in [0.4, 0.5) is 22.7 Å². The van der Waals surface area contributed by atoms with E-state index in [2.05, 4.69) is 10.6 Å². The van der Waals surface area contributed by atoms with Crippen LogP contribution < -0.4 is 10.6 Å². The number of amides is 2. The molecule has 0 fully saturated rings. The highest BCUT2D eigenvalue weighted by molar-refractivity contribution is 8.00. The van der Waals surface area contributed by atoms with Crippen LogP contribution in [0, 0.1) is 27.2 Å². The molecule has 2 N–H and O–H groups in total. The molecule has 10 nitrogen and oxygen atoms in total. The lowest BCUT2D eigenvalue weighted by molar-refractivity contribution is -0.385. The fourth-order valence-corrected chi connectivity index (χ4v) is 4.70. The average molecular weight is 543 g/mol. The maximum atomic E-state index is 13.4. The van der Waals surface area contributed by atoms with Gasteiger partial charge in [0, 0.05) is 40.4 Å². The highest BCUT2D eigenvalue weighted by Crippen LogP contribution is 2.37. The van der Waals surface area contributed by atoms with Gasteiger partial charge in [0.2, 0.25) is 5.91 Å². The number of rotatable bonds is 9. The number of nitro benzene ring substituents is 2. The van der Waals surface area contributed by atoms with Crippen LogP contribution >= 0.6 is 11.8 Å². The number of aryl methyl sites for hydroxylation is 1. The second kappa shape index (κ2) is 12.0. The van der Waals surface area contributed by atoms with E-state index in [1.165, 1.54) is 48.2 Å². The minimum atomic E-state index is -0.671. The Morgan fingerprint density at radius 2 is 1.44 bits per heavy atom. The van der Waals surface area contributed by atoms with Gasteiger partial charge in [-0.15, -0.1) is 11.8 Å². The van der Waals surface area contributed by atoms with Crippen LogP contribution in [-0.4, -0.2) is 21.7 Å². The van der Waals surface area contributed by atoms with Gasteiger partial charge < -0.3 is 10.6 Å². The number of hydrogen-bond acceptors (Lipinski definition) is 7. The molecule has 0 radical (unpaired) electrons. The first-order chi connectivity index (χ1) is 18.7. The summed E-state index contributed by atoms with van der Waals surface area (Å²) in [6.45, 7) is 1.75. The zero-order chi connectivity index (χ0) is 27.9. The van der Waals surface area contributed by atoms with Gasteiger partial charge >= 0.3 is 0 Å². The number of nitrogens with zero attached hydrogens (tertiary/aromatic N) is 2. The molecule has 0 spiro atoms. The fraction of sp³-hybridized carbons (Fsp3) is 0.0714. The highest BCUT2D eigenvalue weighted by Gasteiger charge is 2.23. The summed E-state index contributed by atoms with van der Waals surface area (Å²) in [6, 6.07) is 25.7. The maximum absolute atomic E-state index is 13.4. The summed E-state index contributed by atoms with van der Waals surface area (Å²) >= 11 is 1.28. The van der Waals surface area contributed by atoms with Crippen molar-refractivity contribution in [3.05, 3.63) is 134 Å². The third kappa shape index (κ3) is 6.84. The Hall–Kier alpha value is -5.03. The van der Waals surface area contributed by atoms with Gasteiger partial charge in [-0.1, -0.05) is 42.5 Å². The minimum absolute atomic E-state index is 0.123. The van der Waals surface area contributed by atoms with E-state index in [-0.39, 0.29) is 22.8 Å². The van der Waals surface area contributed by atoms with Gasteiger partial charge in [0.15, 0.2) is 0 Å². The molecule has 196 valence electrons. The number of carbonyl (C=O) groups excluding carboxylic acids is 2. The summed E-state index contributed by atoms with van der Waals surface area (Å²) in [5.41, 5.74) is 2.11. The normalized spacial score (nSPS) is 11.3. The lowest BCUT2D eigenvalue weighted by atomic mass is 10.1. The van der Waals surface area contributed by atoms with E-state index in [0.29, 0.717) is 16.9 Å². The summed E-state index contributed by atoms with van der Waals surface area (Å²) in [5, 5.41) is 27.0. The van der Waals surface area contributed by atoms with E-state index in [1.54, 1.807) is 37.3 Å². The van der Waals surface area contributed by atoms with Crippen molar-refractivity contribution in [2.45, 2.75) is 17.1 Å². The summed E-state index contributed by atoms with van der Waals surface area (Å²) in [7, 11) is 0. The van der Waals surface area contributed by atoms with Crippen molar-refractivity contribution in [1.82, 2.24) is 0 Å². The lowest BCUT2D eigenvalue weighted by Crippen LogP contribution is -2.19. The van der Waals surface area contributed by atoms with Gasteiger partial charge in [0.1, 0.15) is 5.25 Å². The van der Waals surface area contributed by atoms with Crippen LogP contribution in [0.1, 0.15) is 26.7 Å². The molecule has 4 aromatic rings. The van der Waals surface area contributed by atoms with Crippen molar-refractivity contribution in [1.29, 1.82) is 0 Å². The van der Waals surface area contributed by atoms with Crippen molar-refractivity contribution in [3.8, 4) is 0 Å². The van der Waals surface area contributed by atoms with E-state index in [0.717, 1.165) is 10.5 Å². The minimum Gasteiger partial charge on any atom is -0.324 e. The first-order valence-electron chi connectivity index (χ1n) is 11.6. The summed E-state index contributed by atoms with van der Waals surface area (Å²) in [6.07, 6.45) is 0. The van der Waals surface area contributed by atoms with E-state index in [4.69, 9.17) is 0 Å². The van der Waals surface area contributed by atoms with Crippen LogP contribution in [-0.2, 0) is 4.79 Å². The maximum Gasteiger partial charge on any atom is 0.271 e. The Balaban J connectivity index is 1.51. The molecule has 2 amide bonds. The van der Waals surface area contributed by atoms with E-state index in [1.807, 2.05) is 30.3 Å². The summed E-state index contributed by atoms with van der Waals surface area (Å²) < 4.78 is 0. The van der Waals surface area contributed by atoms with Crippen LogP contribution in [0.15, 0.2) is 102 Å². The standard InChI is InChI=1S/C28H22N4O6S/c1-18-10-13-23(32(37)38)17-25(18)30-28(34)26(19-6-3-2-4-7-19)39-24-14-11-21(12-15-24)29-27(33)20-8-5-9-22(16-20)31(35)36/h2-17,26H,1H3,(H,29,33)(H,30,34). The molecular formula is C28H22N4O6S. The number of benzene rings is 4. The molecule has 4 aromatic carbocycles.